The van der Waals surface area contributed by atoms with E-state index in [2.05, 4.69) is 20.6 Å². The lowest BCUT2D eigenvalue weighted by molar-refractivity contribution is 0.102. The first-order valence-electron chi connectivity index (χ1n) is 6.87. The number of hydrogen-bond donors (Lipinski definition) is 1. The largest absolute Gasteiger partial charge is 0.493 e. The molecule has 0 aliphatic rings. The van der Waals surface area contributed by atoms with Crippen LogP contribution in [0.25, 0.3) is 4.96 Å². The number of anilines is 1. The lowest BCUT2D eigenvalue weighted by atomic mass is 10.2. The summed E-state index contributed by atoms with van der Waals surface area (Å²) in [6.45, 7) is 1.76. The maximum atomic E-state index is 12.4. The summed E-state index contributed by atoms with van der Waals surface area (Å²) in [6, 6.07) is 3.29. The zero-order chi connectivity index (χ0) is 17.3. The van der Waals surface area contributed by atoms with Crippen LogP contribution in [0.4, 0.5) is 5.69 Å². The summed E-state index contributed by atoms with van der Waals surface area (Å²) < 4.78 is 17.3. The van der Waals surface area contributed by atoms with E-state index in [1.54, 1.807) is 19.1 Å². The summed E-state index contributed by atoms with van der Waals surface area (Å²) in [4.78, 5) is 13.0. The van der Waals surface area contributed by atoms with Gasteiger partial charge in [0.15, 0.2) is 17.3 Å². The summed E-state index contributed by atoms with van der Waals surface area (Å²) in [6.07, 6.45) is 0. The van der Waals surface area contributed by atoms with Gasteiger partial charge in [0.1, 0.15) is 0 Å². The molecule has 0 fully saturated rings. The average Bonchev–Trinajstić information content (AvgIpc) is 3.16. The highest BCUT2D eigenvalue weighted by atomic mass is 32.1. The van der Waals surface area contributed by atoms with Crippen LogP contribution in [0.1, 0.15) is 15.6 Å². The second-order valence-electron chi connectivity index (χ2n) is 4.72. The highest BCUT2D eigenvalue weighted by Gasteiger charge is 2.18. The number of nitrogens with zero attached hydrogens (tertiary/aromatic N) is 4. The number of amides is 1. The van der Waals surface area contributed by atoms with Crippen LogP contribution in [0, 0.1) is 6.92 Å². The van der Waals surface area contributed by atoms with Crippen molar-refractivity contribution in [3.63, 3.8) is 0 Å². The van der Waals surface area contributed by atoms with E-state index in [1.165, 1.54) is 25.8 Å². The van der Waals surface area contributed by atoms with Crippen molar-refractivity contribution in [3.05, 3.63) is 23.0 Å². The van der Waals surface area contributed by atoms with E-state index in [-0.39, 0.29) is 10.9 Å². The Morgan fingerprint density at radius 3 is 2.33 bits per heavy atom. The number of aryl methyl sites for hydroxylation is 1. The third-order valence-corrected chi connectivity index (χ3v) is 4.16. The van der Waals surface area contributed by atoms with Crippen LogP contribution in [0.5, 0.6) is 17.2 Å². The van der Waals surface area contributed by atoms with Crippen molar-refractivity contribution in [1.29, 1.82) is 0 Å². The van der Waals surface area contributed by atoms with E-state index in [4.69, 9.17) is 14.2 Å². The first kappa shape index (κ1) is 16.0. The van der Waals surface area contributed by atoms with Crippen molar-refractivity contribution in [1.82, 2.24) is 19.8 Å². The van der Waals surface area contributed by atoms with Crippen molar-refractivity contribution >= 4 is 27.9 Å². The molecule has 0 atom stereocenters. The fourth-order valence-electron chi connectivity index (χ4n) is 2.14. The highest BCUT2D eigenvalue weighted by Crippen LogP contribution is 2.40. The van der Waals surface area contributed by atoms with Gasteiger partial charge >= 0.3 is 0 Å². The topological polar surface area (TPSA) is 99.9 Å². The predicted molar refractivity (Wildman–Crippen MR) is 87.4 cm³/mol. The van der Waals surface area contributed by atoms with Crippen LogP contribution in [0.15, 0.2) is 12.1 Å². The fraction of sp³-hybridized carbons (Fsp3) is 0.286. The van der Waals surface area contributed by atoms with Gasteiger partial charge < -0.3 is 19.5 Å². The molecule has 2 heterocycles. The van der Waals surface area contributed by atoms with Crippen molar-refractivity contribution in [2.24, 2.45) is 0 Å². The monoisotopic (exact) mass is 349 g/mol. The molecule has 1 N–H and O–H groups in total. The zero-order valence-electron chi connectivity index (χ0n) is 13.5. The zero-order valence-corrected chi connectivity index (χ0v) is 14.3. The third-order valence-electron chi connectivity index (χ3n) is 3.26. The molecule has 0 aliphatic carbocycles. The van der Waals surface area contributed by atoms with Gasteiger partial charge in [-0.1, -0.05) is 11.3 Å². The van der Waals surface area contributed by atoms with E-state index in [0.29, 0.717) is 33.7 Å². The fourth-order valence-corrected chi connectivity index (χ4v) is 2.92. The first-order valence-corrected chi connectivity index (χ1v) is 7.69. The summed E-state index contributed by atoms with van der Waals surface area (Å²) in [5.74, 6) is 1.60. The number of nitrogens with one attached hydrogen (secondary N) is 1. The maximum Gasteiger partial charge on any atom is 0.286 e. The van der Waals surface area contributed by atoms with E-state index in [1.807, 2.05) is 0 Å². The third kappa shape index (κ3) is 2.71. The smallest absolute Gasteiger partial charge is 0.286 e. The van der Waals surface area contributed by atoms with Crippen LogP contribution >= 0.6 is 11.3 Å². The SMILES string of the molecule is COc1cc(NC(=O)c2nn3c(C)nnc3s2)cc(OC)c1OC. The van der Waals surface area contributed by atoms with Crippen molar-refractivity contribution in [2.45, 2.75) is 6.92 Å². The van der Waals surface area contributed by atoms with Gasteiger partial charge in [0, 0.05) is 17.8 Å². The molecule has 0 saturated heterocycles. The van der Waals surface area contributed by atoms with Gasteiger partial charge in [-0.05, 0) is 6.92 Å². The molecule has 3 rings (SSSR count). The minimum absolute atomic E-state index is 0.275. The Balaban J connectivity index is 1.90. The van der Waals surface area contributed by atoms with Crippen LogP contribution in [0.3, 0.4) is 0 Å². The number of carbonyl (C=O) groups excluding carboxylic acids is 1. The van der Waals surface area contributed by atoms with Gasteiger partial charge in [-0.2, -0.15) is 4.52 Å². The lowest BCUT2D eigenvalue weighted by Crippen LogP contribution is -2.12. The molecule has 10 heteroatoms. The van der Waals surface area contributed by atoms with E-state index < -0.39 is 0 Å². The summed E-state index contributed by atoms with van der Waals surface area (Å²) in [5.41, 5.74) is 0.497. The first-order chi connectivity index (χ1) is 11.6. The standard InChI is InChI=1S/C14H15N5O4S/c1-7-16-17-14-19(7)18-13(24-14)12(20)15-8-5-9(21-2)11(23-4)10(6-8)22-3/h5-6H,1-4H3,(H,15,20). The number of rotatable bonds is 5. The van der Waals surface area contributed by atoms with Crippen LogP contribution < -0.4 is 19.5 Å². The predicted octanol–water partition coefficient (Wildman–Crippen LogP) is 1.77. The molecule has 0 aliphatic heterocycles. The molecule has 126 valence electrons. The molecule has 0 radical (unpaired) electrons. The molecule has 1 amide bonds. The Labute approximate surface area is 141 Å². The van der Waals surface area contributed by atoms with Crippen LogP contribution in [0.2, 0.25) is 0 Å². The Morgan fingerprint density at radius 2 is 1.79 bits per heavy atom. The van der Waals surface area contributed by atoms with Gasteiger partial charge in [0.25, 0.3) is 5.91 Å². The van der Waals surface area contributed by atoms with Gasteiger partial charge in [-0.3, -0.25) is 4.79 Å². The van der Waals surface area contributed by atoms with Crippen molar-refractivity contribution in [2.75, 3.05) is 26.6 Å². The number of fused-ring (bicyclic) bond motifs is 1. The molecule has 3 aromatic rings. The quantitative estimate of drug-likeness (QED) is 0.749. The number of carbonyl (C=O) groups is 1. The number of benzene rings is 1. The van der Waals surface area contributed by atoms with Crippen molar-refractivity contribution < 1.29 is 19.0 Å². The Hall–Kier alpha value is -2.88. The summed E-state index contributed by atoms with van der Waals surface area (Å²) >= 11 is 1.15. The molecule has 0 saturated carbocycles. The van der Waals surface area contributed by atoms with Crippen molar-refractivity contribution in [3.8, 4) is 17.2 Å². The maximum absolute atomic E-state index is 12.4. The molecule has 2 aromatic heterocycles. The molecule has 1 aromatic carbocycles. The van der Waals surface area contributed by atoms with Crippen LogP contribution in [-0.4, -0.2) is 47.0 Å². The number of ether oxygens (including phenoxy) is 3. The normalized spacial score (nSPS) is 10.7. The Bertz CT molecular complexity index is 879. The van der Waals surface area contributed by atoms with Gasteiger partial charge in [0.2, 0.25) is 15.7 Å². The second kappa shape index (κ2) is 6.32. The van der Waals surface area contributed by atoms with E-state index in [0.717, 1.165) is 11.3 Å². The van der Waals surface area contributed by atoms with Crippen LogP contribution in [-0.2, 0) is 0 Å². The second-order valence-corrected chi connectivity index (χ2v) is 5.67. The van der Waals surface area contributed by atoms with E-state index >= 15 is 0 Å². The molecule has 24 heavy (non-hydrogen) atoms. The number of hydrogen-bond acceptors (Lipinski definition) is 8. The Kier molecular flexibility index (Phi) is 4.21. The lowest BCUT2D eigenvalue weighted by Gasteiger charge is -2.14. The molecular weight excluding hydrogens is 334 g/mol. The molecule has 9 nitrogen and oxygen atoms in total. The summed E-state index contributed by atoms with van der Waals surface area (Å²) in [5, 5.41) is 15.1. The van der Waals surface area contributed by atoms with Gasteiger partial charge in [-0.15, -0.1) is 15.3 Å². The molecule has 0 bridgehead atoms. The molecule has 0 unspecified atom stereocenters. The number of aromatic nitrogens is 4. The van der Waals surface area contributed by atoms with Gasteiger partial charge in [-0.25, -0.2) is 0 Å². The van der Waals surface area contributed by atoms with E-state index in [9.17, 15) is 4.79 Å². The molecule has 0 spiro atoms. The highest BCUT2D eigenvalue weighted by molar-refractivity contribution is 7.18. The van der Waals surface area contributed by atoms with Gasteiger partial charge in [0.05, 0.1) is 21.3 Å². The Morgan fingerprint density at radius 1 is 1.12 bits per heavy atom. The average molecular weight is 349 g/mol. The minimum Gasteiger partial charge on any atom is -0.493 e. The number of methoxy groups -OCH3 is 3. The minimum atomic E-state index is -0.362. The molecular formula is C14H15N5O4S. The summed E-state index contributed by atoms with van der Waals surface area (Å²) in [7, 11) is 4.53.